The molecule has 2 unspecified atom stereocenters. The predicted octanol–water partition coefficient (Wildman–Crippen LogP) is 2.73. The standard InChI is InChI=1S/C16H22N2O3/c1-3-8-17-14(16(2)7-4-9-20-16)11-5-6-12-13(10-11)21-15(19)18-12/h5-6,10,14,17H,3-4,7-9H2,1-2H3,(H,18,19). The van der Waals surface area contributed by atoms with Gasteiger partial charge in [-0.1, -0.05) is 13.0 Å². The summed E-state index contributed by atoms with van der Waals surface area (Å²) < 4.78 is 11.2. The molecule has 21 heavy (non-hydrogen) atoms. The number of ether oxygens (including phenoxy) is 1. The molecule has 0 aliphatic carbocycles. The predicted molar refractivity (Wildman–Crippen MR) is 81.5 cm³/mol. The average molecular weight is 290 g/mol. The number of aromatic nitrogens is 1. The van der Waals surface area contributed by atoms with Gasteiger partial charge >= 0.3 is 5.76 Å². The van der Waals surface area contributed by atoms with Crippen molar-refractivity contribution in [3.8, 4) is 0 Å². The van der Waals surface area contributed by atoms with E-state index in [1.165, 1.54) is 0 Å². The quantitative estimate of drug-likeness (QED) is 0.888. The van der Waals surface area contributed by atoms with Crippen LogP contribution in [-0.2, 0) is 4.74 Å². The van der Waals surface area contributed by atoms with Gasteiger partial charge in [-0.15, -0.1) is 0 Å². The minimum atomic E-state index is -0.413. The molecular weight excluding hydrogens is 268 g/mol. The molecule has 1 aromatic carbocycles. The molecule has 2 atom stereocenters. The average Bonchev–Trinajstić information content (AvgIpc) is 3.04. The Morgan fingerprint density at radius 1 is 1.48 bits per heavy atom. The van der Waals surface area contributed by atoms with E-state index >= 15 is 0 Å². The van der Waals surface area contributed by atoms with Crippen molar-refractivity contribution in [3.63, 3.8) is 0 Å². The van der Waals surface area contributed by atoms with E-state index in [-0.39, 0.29) is 11.6 Å². The maximum absolute atomic E-state index is 11.3. The van der Waals surface area contributed by atoms with Crippen LogP contribution in [0.2, 0.25) is 0 Å². The van der Waals surface area contributed by atoms with E-state index in [9.17, 15) is 4.79 Å². The van der Waals surface area contributed by atoms with Crippen molar-refractivity contribution in [2.45, 2.75) is 44.8 Å². The number of hydrogen-bond donors (Lipinski definition) is 2. The molecule has 114 valence electrons. The highest BCUT2D eigenvalue weighted by Crippen LogP contribution is 2.38. The van der Waals surface area contributed by atoms with Crippen LogP contribution in [0.15, 0.2) is 27.4 Å². The topological polar surface area (TPSA) is 67.3 Å². The number of oxazole rings is 1. The van der Waals surface area contributed by atoms with Crippen LogP contribution in [0.1, 0.15) is 44.7 Å². The molecule has 0 amide bonds. The zero-order valence-electron chi connectivity index (χ0n) is 12.6. The molecule has 2 N–H and O–H groups in total. The van der Waals surface area contributed by atoms with E-state index in [0.717, 1.165) is 43.5 Å². The molecule has 1 aliphatic heterocycles. The van der Waals surface area contributed by atoms with Gasteiger partial charge in [0.25, 0.3) is 0 Å². The highest BCUT2D eigenvalue weighted by molar-refractivity contribution is 5.73. The summed E-state index contributed by atoms with van der Waals surface area (Å²) in [7, 11) is 0. The largest absolute Gasteiger partial charge is 0.417 e. The summed E-state index contributed by atoms with van der Waals surface area (Å²) in [6.07, 6.45) is 3.18. The van der Waals surface area contributed by atoms with Crippen molar-refractivity contribution in [3.05, 3.63) is 34.3 Å². The molecular formula is C16H22N2O3. The lowest BCUT2D eigenvalue weighted by molar-refractivity contribution is -0.0124. The third kappa shape index (κ3) is 2.76. The summed E-state index contributed by atoms with van der Waals surface area (Å²) in [4.78, 5) is 14.0. The number of H-pyrrole nitrogens is 1. The monoisotopic (exact) mass is 290 g/mol. The van der Waals surface area contributed by atoms with Crippen LogP contribution >= 0.6 is 0 Å². The van der Waals surface area contributed by atoms with Gasteiger partial charge in [0, 0.05) is 6.61 Å². The SMILES string of the molecule is CCCNC(c1ccc2[nH]c(=O)oc2c1)C1(C)CCCO1. The Bertz CT molecular complexity index is 667. The highest BCUT2D eigenvalue weighted by Gasteiger charge is 2.39. The van der Waals surface area contributed by atoms with Crippen molar-refractivity contribution >= 4 is 11.1 Å². The van der Waals surface area contributed by atoms with Crippen LogP contribution in [0.25, 0.3) is 11.1 Å². The van der Waals surface area contributed by atoms with Crippen LogP contribution in [-0.4, -0.2) is 23.7 Å². The molecule has 0 bridgehead atoms. The molecule has 1 aromatic heterocycles. The van der Waals surface area contributed by atoms with E-state index < -0.39 is 5.76 Å². The van der Waals surface area contributed by atoms with Crippen molar-refractivity contribution in [2.75, 3.05) is 13.2 Å². The van der Waals surface area contributed by atoms with Crippen molar-refractivity contribution in [1.29, 1.82) is 0 Å². The maximum atomic E-state index is 11.3. The van der Waals surface area contributed by atoms with Crippen LogP contribution < -0.4 is 11.1 Å². The Morgan fingerprint density at radius 2 is 2.33 bits per heavy atom. The summed E-state index contributed by atoms with van der Waals surface area (Å²) in [6.45, 7) is 6.04. The second kappa shape index (κ2) is 5.66. The lowest BCUT2D eigenvalue weighted by atomic mass is 9.87. The van der Waals surface area contributed by atoms with Crippen LogP contribution in [0.3, 0.4) is 0 Å². The number of fused-ring (bicyclic) bond motifs is 1. The Balaban J connectivity index is 1.98. The second-order valence-corrected chi connectivity index (χ2v) is 5.92. The zero-order valence-corrected chi connectivity index (χ0v) is 12.6. The first-order valence-corrected chi connectivity index (χ1v) is 7.62. The fraction of sp³-hybridized carbons (Fsp3) is 0.562. The van der Waals surface area contributed by atoms with Gasteiger partial charge < -0.3 is 14.5 Å². The summed E-state index contributed by atoms with van der Waals surface area (Å²) in [5.74, 6) is -0.413. The van der Waals surface area contributed by atoms with E-state index in [4.69, 9.17) is 9.15 Å². The molecule has 0 spiro atoms. The van der Waals surface area contributed by atoms with Gasteiger partial charge in [0.2, 0.25) is 0 Å². The second-order valence-electron chi connectivity index (χ2n) is 5.92. The molecule has 2 heterocycles. The molecule has 3 rings (SSSR count). The molecule has 1 fully saturated rings. The van der Waals surface area contributed by atoms with Crippen LogP contribution in [0.5, 0.6) is 0 Å². The molecule has 1 aliphatic rings. The first-order chi connectivity index (χ1) is 10.1. The van der Waals surface area contributed by atoms with Crippen LogP contribution in [0.4, 0.5) is 0 Å². The molecule has 2 aromatic rings. The third-order valence-electron chi connectivity index (χ3n) is 4.24. The van der Waals surface area contributed by atoms with Gasteiger partial charge in [-0.2, -0.15) is 0 Å². The summed E-state index contributed by atoms with van der Waals surface area (Å²) in [5.41, 5.74) is 2.22. The normalized spacial score (nSPS) is 23.7. The Labute approximate surface area is 123 Å². The zero-order chi connectivity index (χ0) is 14.9. The number of benzene rings is 1. The lowest BCUT2D eigenvalue weighted by Gasteiger charge is -2.34. The van der Waals surface area contributed by atoms with Crippen molar-refractivity contribution in [1.82, 2.24) is 10.3 Å². The van der Waals surface area contributed by atoms with E-state index in [0.29, 0.717) is 5.58 Å². The minimum absolute atomic E-state index is 0.101. The molecule has 5 nitrogen and oxygen atoms in total. The van der Waals surface area contributed by atoms with E-state index in [2.05, 4.69) is 24.1 Å². The number of rotatable bonds is 5. The third-order valence-corrected chi connectivity index (χ3v) is 4.24. The van der Waals surface area contributed by atoms with Gasteiger partial charge in [0.1, 0.15) is 0 Å². The smallest absolute Gasteiger partial charge is 0.408 e. The Morgan fingerprint density at radius 3 is 3.05 bits per heavy atom. The van der Waals surface area contributed by atoms with Crippen LogP contribution in [0, 0.1) is 0 Å². The number of aromatic amines is 1. The maximum Gasteiger partial charge on any atom is 0.417 e. The van der Waals surface area contributed by atoms with E-state index in [1.54, 1.807) is 0 Å². The summed E-state index contributed by atoms with van der Waals surface area (Å²) in [5, 5.41) is 3.58. The fourth-order valence-electron chi connectivity index (χ4n) is 3.14. The first-order valence-electron chi connectivity index (χ1n) is 7.62. The van der Waals surface area contributed by atoms with Crippen molar-refractivity contribution in [2.24, 2.45) is 0 Å². The Kier molecular flexibility index (Phi) is 3.87. The molecule has 0 saturated carbocycles. The molecule has 1 saturated heterocycles. The minimum Gasteiger partial charge on any atom is -0.408 e. The van der Waals surface area contributed by atoms with Gasteiger partial charge in [0.05, 0.1) is 17.2 Å². The number of nitrogens with one attached hydrogen (secondary N) is 2. The van der Waals surface area contributed by atoms with Crippen molar-refractivity contribution < 1.29 is 9.15 Å². The van der Waals surface area contributed by atoms with Gasteiger partial charge in [-0.25, -0.2) is 4.79 Å². The Hall–Kier alpha value is -1.59. The summed E-state index contributed by atoms with van der Waals surface area (Å²) in [6, 6.07) is 5.97. The van der Waals surface area contributed by atoms with E-state index in [1.807, 2.05) is 18.2 Å². The summed E-state index contributed by atoms with van der Waals surface area (Å²) >= 11 is 0. The lowest BCUT2D eigenvalue weighted by Crippen LogP contribution is -2.41. The van der Waals surface area contributed by atoms with Gasteiger partial charge in [-0.05, 0) is 50.4 Å². The molecule has 5 heteroatoms. The van der Waals surface area contributed by atoms with Gasteiger partial charge in [-0.3, -0.25) is 4.98 Å². The van der Waals surface area contributed by atoms with Gasteiger partial charge in [0.15, 0.2) is 5.58 Å². The first kappa shape index (κ1) is 14.4. The number of hydrogen-bond acceptors (Lipinski definition) is 4. The highest BCUT2D eigenvalue weighted by atomic mass is 16.5. The fourth-order valence-corrected chi connectivity index (χ4v) is 3.14. The molecule has 0 radical (unpaired) electrons.